The van der Waals surface area contributed by atoms with Gasteiger partial charge < -0.3 is 10.2 Å². The molecule has 0 fully saturated rings. The van der Waals surface area contributed by atoms with Crippen LogP contribution in [0.5, 0.6) is 11.5 Å². The van der Waals surface area contributed by atoms with Crippen molar-refractivity contribution in [3.63, 3.8) is 0 Å². The summed E-state index contributed by atoms with van der Waals surface area (Å²) >= 11 is 0. The van der Waals surface area contributed by atoms with E-state index in [-0.39, 0.29) is 11.5 Å². The van der Waals surface area contributed by atoms with E-state index in [2.05, 4.69) is 91.0 Å². The summed E-state index contributed by atoms with van der Waals surface area (Å²) in [6.07, 6.45) is 1.77. The maximum atomic E-state index is 11.8. The highest BCUT2D eigenvalue weighted by atomic mass is 16.3. The summed E-state index contributed by atoms with van der Waals surface area (Å²) in [5.74, 6) is 0.360. The average molecular weight is 629 g/mol. The van der Waals surface area contributed by atoms with Crippen LogP contribution in [-0.4, -0.2) is 21.4 Å². The van der Waals surface area contributed by atoms with Crippen LogP contribution in [0.15, 0.2) is 157 Å². The highest BCUT2D eigenvalue weighted by molar-refractivity contribution is 6.06. The van der Waals surface area contributed by atoms with Gasteiger partial charge in [0.25, 0.3) is 0 Å². The topological polar surface area (TPSA) is 65.7 Å². The second-order valence-corrected chi connectivity index (χ2v) is 12.8. The van der Waals surface area contributed by atoms with Gasteiger partial charge in [-0.05, 0) is 79.5 Å². The van der Waals surface area contributed by atoms with Crippen molar-refractivity contribution in [1.29, 1.82) is 0 Å². The summed E-state index contributed by atoms with van der Waals surface area (Å²) in [7, 11) is 0. The smallest absolute Gasteiger partial charge is 0.125 e. The Morgan fingerprint density at radius 1 is 0.510 bits per heavy atom. The van der Waals surface area contributed by atoms with E-state index in [1.807, 2.05) is 54.6 Å². The van der Waals surface area contributed by atoms with Gasteiger partial charge >= 0.3 is 0 Å². The molecule has 2 aliphatic rings. The lowest BCUT2D eigenvalue weighted by molar-refractivity contribution is 0.477. The van der Waals surface area contributed by atoms with Crippen molar-refractivity contribution in [2.45, 2.75) is 5.41 Å². The van der Waals surface area contributed by atoms with Crippen molar-refractivity contribution in [2.24, 2.45) is 4.99 Å². The summed E-state index contributed by atoms with van der Waals surface area (Å²) in [5, 5.41) is 26.0. The summed E-state index contributed by atoms with van der Waals surface area (Å²) in [6, 6.07) is 51.4. The fraction of sp³-hybridized carbons (Fsp3) is 0.0222. The molecule has 1 heterocycles. The lowest BCUT2D eigenvalue weighted by atomic mass is 9.70. The molecule has 1 aromatic heterocycles. The summed E-state index contributed by atoms with van der Waals surface area (Å²) in [4.78, 5) is 10.1. The molecule has 0 aliphatic heterocycles. The number of aromatic hydroxyl groups is 2. The van der Waals surface area contributed by atoms with Crippen molar-refractivity contribution >= 4 is 33.4 Å². The van der Waals surface area contributed by atoms with Crippen molar-refractivity contribution in [3.05, 3.63) is 180 Å². The number of hydrogen-bond donors (Lipinski definition) is 2. The first-order valence-corrected chi connectivity index (χ1v) is 16.5. The molecule has 0 saturated heterocycles. The van der Waals surface area contributed by atoms with Crippen LogP contribution in [0.3, 0.4) is 0 Å². The Kier molecular flexibility index (Phi) is 5.76. The number of aliphatic imine (C=N–C) groups is 1. The third-order valence-corrected chi connectivity index (χ3v) is 10.4. The van der Waals surface area contributed by atoms with Gasteiger partial charge in [-0.25, -0.2) is 4.98 Å². The number of benzene rings is 7. The molecule has 0 radical (unpaired) electrons. The number of rotatable bonds is 3. The Hall–Kier alpha value is -6.52. The molecule has 2 aliphatic carbocycles. The van der Waals surface area contributed by atoms with Crippen LogP contribution in [0.4, 0.5) is 5.69 Å². The normalized spacial score (nSPS) is 13.6. The Balaban J connectivity index is 1.24. The minimum absolute atomic E-state index is 0.176. The van der Waals surface area contributed by atoms with Gasteiger partial charge in [-0.2, -0.15) is 0 Å². The fourth-order valence-corrected chi connectivity index (χ4v) is 8.42. The predicted molar refractivity (Wildman–Crippen MR) is 198 cm³/mol. The number of nitrogens with zero attached hydrogens (tertiary/aromatic N) is 2. The quantitative estimate of drug-likeness (QED) is 0.191. The molecule has 0 bridgehead atoms. The van der Waals surface area contributed by atoms with Gasteiger partial charge in [0.1, 0.15) is 11.5 Å². The molecule has 10 rings (SSSR count). The van der Waals surface area contributed by atoms with Crippen LogP contribution >= 0.6 is 0 Å². The van der Waals surface area contributed by atoms with Gasteiger partial charge in [0.15, 0.2) is 0 Å². The van der Waals surface area contributed by atoms with Gasteiger partial charge in [-0.3, -0.25) is 4.99 Å². The van der Waals surface area contributed by atoms with Crippen LogP contribution in [0, 0.1) is 0 Å². The second kappa shape index (κ2) is 10.2. The number of pyridine rings is 1. The molecular weight excluding hydrogens is 601 g/mol. The standard InChI is InChI=1S/C45H28N2O2/c48-40-22-10-13-27-12-9-21-37(42(27)40)46-26-39-29-14-2-1-11-28(29)25-38(47-39)44-41(49)24-23-36-43(44)32-17-5-8-20-35(32)45(36)33-18-6-3-15-30(33)31-16-4-7-19-34(31)45/h1-26,48-49H. The molecule has 0 amide bonds. The number of fused-ring (bicyclic) bond motifs is 12. The summed E-state index contributed by atoms with van der Waals surface area (Å²) in [6.45, 7) is 0. The second-order valence-electron chi connectivity index (χ2n) is 12.8. The highest BCUT2D eigenvalue weighted by Crippen LogP contribution is 2.64. The minimum Gasteiger partial charge on any atom is -0.507 e. The summed E-state index contributed by atoms with van der Waals surface area (Å²) < 4.78 is 0. The molecule has 4 nitrogen and oxygen atoms in total. The lowest BCUT2D eigenvalue weighted by Crippen LogP contribution is -2.25. The Bertz CT molecular complexity index is 2660. The van der Waals surface area contributed by atoms with Crippen molar-refractivity contribution in [1.82, 2.24) is 4.98 Å². The number of phenols is 2. The molecule has 49 heavy (non-hydrogen) atoms. The SMILES string of the molecule is Oc1ccc2c(c1-c1cc3ccccc3c(C=Nc3cccc4cccc(O)c34)n1)-c1ccccc1C21c2ccccc2-c2ccccc21. The lowest BCUT2D eigenvalue weighted by Gasteiger charge is -2.30. The van der Waals surface area contributed by atoms with Gasteiger partial charge in [0.05, 0.1) is 34.3 Å². The monoisotopic (exact) mass is 628 g/mol. The number of phenolic OH excluding ortho intramolecular Hbond substituents is 2. The first-order chi connectivity index (χ1) is 24.1. The molecule has 0 atom stereocenters. The van der Waals surface area contributed by atoms with Crippen LogP contribution in [0.25, 0.3) is 55.1 Å². The first-order valence-electron chi connectivity index (χ1n) is 16.5. The van der Waals surface area contributed by atoms with Gasteiger partial charge in [0, 0.05) is 10.8 Å². The molecule has 1 spiro atoms. The van der Waals surface area contributed by atoms with Crippen LogP contribution in [0.2, 0.25) is 0 Å². The Morgan fingerprint density at radius 2 is 1.12 bits per heavy atom. The van der Waals surface area contributed by atoms with Gasteiger partial charge in [0.2, 0.25) is 0 Å². The zero-order valence-corrected chi connectivity index (χ0v) is 26.3. The van der Waals surface area contributed by atoms with Crippen LogP contribution in [-0.2, 0) is 5.41 Å². The number of hydrogen-bond acceptors (Lipinski definition) is 4. The van der Waals surface area contributed by atoms with E-state index in [4.69, 9.17) is 9.98 Å². The van der Waals surface area contributed by atoms with E-state index < -0.39 is 5.41 Å². The molecule has 8 aromatic rings. The predicted octanol–water partition coefficient (Wildman–Crippen LogP) is 10.6. The van der Waals surface area contributed by atoms with Crippen molar-refractivity contribution in [2.75, 3.05) is 0 Å². The van der Waals surface area contributed by atoms with E-state index in [9.17, 15) is 10.2 Å². The first kappa shape index (κ1) is 27.6. The highest BCUT2D eigenvalue weighted by Gasteiger charge is 2.52. The zero-order valence-electron chi connectivity index (χ0n) is 26.3. The Morgan fingerprint density at radius 3 is 1.88 bits per heavy atom. The van der Waals surface area contributed by atoms with Crippen molar-refractivity contribution < 1.29 is 10.2 Å². The van der Waals surface area contributed by atoms with E-state index in [0.717, 1.165) is 32.8 Å². The molecule has 7 aromatic carbocycles. The third kappa shape index (κ3) is 3.74. The van der Waals surface area contributed by atoms with Crippen LogP contribution < -0.4 is 0 Å². The minimum atomic E-state index is -0.529. The van der Waals surface area contributed by atoms with Gasteiger partial charge in [-0.1, -0.05) is 127 Å². The number of aromatic nitrogens is 1. The van der Waals surface area contributed by atoms with Gasteiger partial charge in [-0.15, -0.1) is 0 Å². The summed E-state index contributed by atoms with van der Waals surface area (Å²) in [5.41, 5.74) is 11.6. The maximum absolute atomic E-state index is 11.8. The Labute approximate surface area is 283 Å². The van der Waals surface area contributed by atoms with E-state index >= 15 is 0 Å². The fourth-order valence-electron chi connectivity index (χ4n) is 8.42. The molecular formula is C45H28N2O2. The average Bonchev–Trinajstić information content (AvgIpc) is 3.61. The maximum Gasteiger partial charge on any atom is 0.125 e. The van der Waals surface area contributed by atoms with Crippen LogP contribution in [0.1, 0.15) is 27.9 Å². The van der Waals surface area contributed by atoms with E-state index in [1.165, 1.54) is 27.8 Å². The molecule has 2 N–H and O–H groups in total. The zero-order chi connectivity index (χ0) is 32.7. The molecule has 0 unspecified atom stereocenters. The third-order valence-electron chi connectivity index (χ3n) is 10.4. The van der Waals surface area contributed by atoms with E-state index in [1.54, 1.807) is 12.3 Å². The molecule has 4 heteroatoms. The van der Waals surface area contributed by atoms with E-state index in [0.29, 0.717) is 28.0 Å². The van der Waals surface area contributed by atoms with Crippen molar-refractivity contribution in [3.8, 4) is 45.0 Å². The molecule has 230 valence electrons. The largest absolute Gasteiger partial charge is 0.507 e. The molecule has 0 saturated carbocycles.